The molecule has 116 valence electrons. The van der Waals surface area contributed by atoms with Gasteiger partial charge in [-0.1, -0.05) is 30.3 Å². The van der Waals surface area contributed by atoms with Gasteiger partial charge in [-0.25, -0.2) is 0 Å². The van der Waals surface area contributed by atoms with Crippen LogP contribution in [0, 0.1) is 6.92 Å². The Balaban J connectivity index is 1.87. The molecule has 0 radical (unpaired) electrons. The zero-order valence-corrected chi connectivity index (χ0v) is 12.9. The fraction of sp³-hybridized carbons (Fsp3) is 0.118. The highest BCUT2D eigenvalue weighted by Crippen LogP contribution is 2.23. The molecule has 0 spiro atoms. The number of anilines is 1. The third-order valence-corrected chi connectivity index (χ3v) is 3.34. The zero-order valence-electron chi connectivity index (χ0n) is 12.9. The van der Waals surface area contributed by atoms with Gasteiger partial charge in [0.1, 0.15) is 5.75 Å². The molecule has 0 atom stereocenters. The van der Waals surface area contributed by atoms with E-state index in [0.29, 0.717) is 17.1 Å². The second kappa shape index (κ2) is 6.31. The first kappa shape index (κ1) is 14.8. The third kappa shape index (κ3) is 3.06. The summed E-state index contributed by atoms with van der Waals surface area (Å²) in [5.74, 6) is 0.267. The molecule has 23 heavy (non-hydrogen) atoms. The molecule has 0 fully saturated rings. The number of hydrogen-bond donors (Lipinski definition) is 1. The first-order chi connectivity index (χ1) is 11.2. The van der Waals surface area contributed by atoms with E-state index in [1.165, 1.54) is 4.80 Å². The number of methoxy groups -OCH3 is 1. The van der Waals surface area contributed by atoms with E-state index in [2.05, 4.69) is 15.5 Å². The van der Waals surface area contributed by atoms with Gasteiger partial charge in [-0.3, -0.25) is 4.79 Å². The number of rotatable bonds is 4. The number of carbonyl (C=O) groups is 1. The van der Waals surface area contributed by atoms with Crippen LogP contribution in [-0.4, -0.2) is 28.0 Å². The molecule has 1 aromatic heterocycles. The van der Waals surface area contributed by atoms with Crippen molar-refractivity contribution < 1.29 is 9.53 Å². The van der Waals surface area contributed by atoms with E-state index < -0.39 is 0 Å². The lowest BCUT2D eigenvalue weighted by molar-refractivity contribution is 0.102. The summed E-state index contributed by atoms with van der Waals surface area (Å²) in [6.07, 6.45) is 0. The monoisotopic (exact) mass is 308 g/mol. The van der Waals surface area contributed by atoms with Gasteiger partial charge in [0, 0.05) is 0 Å². The number of benzene rings is 2. The summed E-state index contributed by atoms with van der Waals surface area (Å²) in [5.41, 5.74) is 2.22. The molecule has 3 rings (SSSR count). The first-order valence-corrected chi connectivity index (χ1v) is 7.13. The van der Waals surface area contributed by atoms with Gasteiger partial charge in [0.2, 0.25) is 0 Å². The molecule has 0 unspecified atom stereocenters. The fourth-order valence-electron chi connectivity index (χ4n) is 2.19. The SMILES string of the molecule is COc1ccccc1NC(=O)c1nn(-c2ccccc2)nc1C. The van der Waals surface area contributed by atoms with Crippen molar-refractivity contribution in [3.63, 3.8) is 0 Å². The number of aryl methyl sites for hydroxylation is 1. The Bertz CT molecular complexity index is 828. The Kier molecular flexibility index (Phi) is 4.05. The van der Waals surface area contributed by atoms with E-state index in [1.54, 1.807) is 26.2 Å². The lowest BCUT2D eigenvalue weighted by atomic mass is 10.2. The zero-order chi connectivity index (χ0) is 16.2. The number of nitrogens with zero attached hydrogens (tertiary/aromatic N) is 3. The number of hydrogen-bond acceptors (Lipinski definition) is 4. The van der Waals surface area contributed by atoms with Crippen LogP contribution >= 0.6 is 0 Å². The van der Waals surface area contributed by atoms with Gasteiger partial charge >= 0.3 is 0 Å². The van der Waals surface area contributed by atoms with Crippen LogP contribution in [0.1, 0.15) is 16.2 Å². The number of carbonyl (C=O) groups excluding carboxylic acids is 1. The van der Waals surface area contributed by atoms with Crippen molar-refractivity contribution in [2.45, 2.75) is 6.92 Å². The second-order valence-electron chi connectivity index (χ2n) is 4.91. The summed E-state index contributed by atoms with van der Waals surface area (Å²) in [7, 11) is 1.56. The molecule has 1 amide bonds. The highest BCUT2D eigenvalue weighted by atomic mass is 16.5. The van der Waals surface area contributed by atoms with Crippen molar-refractivity contribution in [3.8, 4) is 11.4 Å². The summed E-state index contributed by atoms with van der Waals surface area (Å²) in [6.45, 7) is 1.75. The van der Waals surface area contributed by atoms with Gasteiger partial charge < -0.3 is 10.1 Å². The molecule has 1 heterocycles. The van der Waals surface area contributed by atoms with Crippen LogP contribution in [0.3, 0.4) is 0 Å². The number of nitrogens with one attached hydrogen (secondary N) is 1. The Labute approximate surface area is 133 Å². The van der Waals surface area contributed by atoms with Gasteiger partial charge in [-0.05, 0) is 31.2 Å². The maximum absolute atomic E-state index is 12.5. The lowest BCUT2D eigenvalue weighted by Gasteiger charge is -2.08. The van der Waals surface area contributed by atoms with Gasteiger partial charge in [0.25, 0.3) is 5.91 Å². The van der Waals surface area contributed by atoms with E-state index in [-0.39, 0.29) is 11.6 Å². The Morgan fingerprint density at radius 3 is 2.48 bits per heavy atom. The van der Waals surface area contributed by atoms with Crippen LogP contribution in [-0.2, 0) is 0 Å². The van der Waals surface area contributed by atoms with Gasteiger partial charge in [-0.2, -0.15) is 9.90 Å². The van der Waals surface area contributed by atoms with Crippen molar-refractivity contribution in [2.24, 2.45) is 0 Å². The Morgan fingerprint density at radius 1 is 1.04 bits per heavy atom. The summed E-state index contributed by atoms with van der Waals surface area (Å²) >= 11 is 0. The predicted molar refractivity (Wildman–Crippen MR) is 87.0 cm³/mol. The average Bonchev–Trinajstić information content (AvgIpc) is 2.98. The fourth-order valence-corrected chi connectivity index (χ4v) is 2.19. The molecular formula is C17H16N4O2. The van der Waals surface area contributed by atoms with Crippen LogP contribution in [0.15, 0.2) is 54.6 Å². The average molecular weight is 308 g/mol. The summed E-state index contributed by atoms with van der Waals surface area (Å²) < 4.78 is 5.23. The minimum absolute atomic E-state index is 0.278. The maximum atomic E-state index is 12.5. The molecular weight excluding hydrogens is 292 g/mol. The molecule has 0 saturated carbocycles. The summed E-state index contributed by atoms with van der Waals surface area (Å²) in [6, 6.07) is 16.7. The highest BCUT2D eigenvalue weighted by Gasteiger charge is 2.17. The topological polar surface area (TPSA) is 69.0 Å². The molecule has 6 nitrogen and oxygen atoms in total. The third-order valence-electron chi connectivity index (χ3n) is 3.34. The van der Waals surface area contributed by atoms with Gasteiger partial charge in [0.05, 0.1) is 24.2 Å². The normalized spacial score (nSPS) is 10.3. The van der Waals surface area contributed by atoms with E-state index >= 15 is 0 Å². The molecule has 1 N–H and O–H groups in total. The molecule has 2 aromatic carbocycles. The van der Waals surface area contributed by atoms with Crippen molar-refractivity contribution in [1.82, 2.24) is 15.0 Å². The number of para-hydroxylation sites is 3. The smallest absolute Gasteiger partial charge is 0.278 e. The van der Waals surface area contributed by atoms with E-state index in [0.717, 1.165) is 5.69 Å². The number of ether oxygens (including phenoxy) is 1. The van der Waals surface area contributed by atoms with Gasteiger partial charge in [0.15, 0.2) is 5.69 Å². The maximum Gasteiger partial charge on any atom is 0.278 e. The minimum atomic E-state index is -0.325. The van der Waals surface area contributed by atoms with Crippen LogP contribution in [0.4, 0.5) is 5.69 Å². The summed E-state index contributed by atoms with van der Waals surface area (Å²) in [4.78, 5) is 13.9. The molecule has 0 saturated heterocycles. The predicted octanol–water partition coefficient (Wildman–Crippen LogP) is 2.84. The molecule has 0 bridgehead atoms. The van der Waals surface area contributed by atoms with Crippen LogP contribution in [0.5, 0.6) is 5.75 Å². The number of aromatic nitrogens is 3. The van der Waals surface area contributed by atoms with Crippen molar-refractivity contribution in [3.05, 3.63) is 66.0 Å². The van der Waals surface area contributed by atoms with E-state index in [4.69, 9.17) is 4.74 Å². The number of amides is 1. The van der Waals surface area contributed by atoms with Crippen molar-refractivity contribution in [1.29, 1.82) is 0 Å². The van der Waals surface area contributed by atoms with E-state index in [9.17, 15) is 4.79 Å². The quantitative estimate of drug-likeness (QED) is 0.804. The van der Waals surface area contributed by atoms with Crippen LogP contribution < -0.4 is 10.1 Å². The van der Waals surface area contributed by atoms with Crippen LogP contribution in [0.25, 0.3) is 5.69 Å². The van der Waals surface area contributed by atoms with E-state index in [1.807, 2.05) is 42.5 Å². The first-order valence-electron chi connectivity index (χ1n) is 7.13. The lowest BCUT2D eigenvalue weighted by Crippen LogP contribution is -2.14. The molecule has 0 aliphatic rings. The van der Waals surface area contributed by atoms with Crippen LogP contribution in [0.2, 0.25) is 0 Å². The molecule has 6 heteroatoms. The standard InChI is InChI=1S/C17H16N4O2/c1-12-16(20-21(19-12)13-8-4-3-5-9-13)17(22)18-14-10-6-7-11-15(14)23-2/h3-11H,1-2H3,(H,18,22). The molecule has 0 aliphatic heterocycles. The summed E-state index contributed by atoms with van der Waals surface area (Å²) in [5, 5.41) is 11.4. The largest absolute Gasteiger partial charge is 0.495 e. The minimum Gasteiger partial charge on any atom is -0.495 e. The van der Waals surface area contributed by atoms with Crippen molar-refractivity contribution in [2.75, 3.05) is 12.4 Å². The molecule has 3 aromatic rings. The van der Waals surface area contributed by atoms with Crippen molar-refractivity contribution >= 4 is 11.6 Å². The Morgan fingerprint density at radius 2 is 1.74 bits per heavy atom. The highest BCUT2D eigenvalue weighted by molar-refractivity contribution is 6.04. The Hall–Kier alpha value is -3.15. The second-order valence-corrected chi connectivity index (χ2v) is 4.91. The molecule has 0 aliphatic carbocycles. The van der Waals surface area contributed by atoms with Gasteiger partial charge in [-0.15, -0.1) is 5.10 Å².